The van der Waals surface area contributed by atoms with Crippen LogP contribution in [0.15, 0.2) is 12.4 Å². The van der Waals surface area contributed by atoms with Crippen LogP contribution in [-0.2, 0) is 0 Å². The minimum atomic E-state index is -0.0543. The SMILES string of the molecule is CC(C#N)CN(C)c1nccnc1N. The van der Waals surface area contributed by atoms with Crippen molar-refractivity contribution in [1.29, 1.82) is 5.26 Å². The molecule has 0 aliphatic heterocycles. The van der Waals surface area contributed by atoms with Gasteiger partial charge in [0.15, 0.2) is 11.6 Å². The summed E-state index contributed by atoms with van der Waals surface area (Å²) in [6, 6.07) is 2.15. The zero-order valence-electron chi connectivity index (χ0n) is 8.31. The minimum absolute atomic E-state index is 0.0543. The van der Waals surface area contributed by atoms with E-state index >= 15 is 0 Å². The van der Waals surface area contributed by atoms with E-state index in [4.69, 9.17) is 11.0 Å². The Labute approximate surface area is 83.2 Å². The minimum Gasteiger partial charge on any atom is -0.381 e. The first kappa shape index (κ1) is 10.3. The van der Waals surface area contributed by atoms with Crippen molar-refractivity contribution in [3.05, 3.63) is 12.4 Å². The summed E-state index contributed by atoms with van der Waals surface area (Å²) < 4.78 is 0. The third kappa shape index (κ3) is 2.33. The summed E-state index contributed by atoms with van der Waals surface area (Å²) >= 11 is 0. The summed E-state index contributed by atoms with van der Waals surface area (Å²) in [6.07, 6.45) is 3.12. The molecule has 0 aliphatic rings. The van der Waals surface area contributed by atoms with Gasteiger partial charge in [0.1, 0.15) is 0 Å². The van der Waals surface area contributed by atoms with Gasteiger partial charge < -0.3 is 10.6 Å². The molecular formula is C9H13N5. The van der Waals surface area contributed by atoms with Gasteiger partial charge >= 0.3 is 0 Å². The molecule has 5 nitrogen and oxygen atoms in total. The van der Waals surface area contributed by atoms with Gasteiger partial charge in [-0.05, 0) is 6.92 Å². The summed E-state index contributed by atoms with van der Waals surface area (Å²) in [4.78, 5) is 9.85. The number of nitrogens with zero attached hydrogens (tertiary/aromatic N) is 4. The second-order valence-corrected chi connectivity index (χ2v) is 3.18. The van der Waals surface area contributed by atoms with Gasteiger partial charge in [0, 0.05) is 26.0 Å². The molecule has 1 aromatic rings. The van der Waals surface area contributed by atoms with Crippen molar-refractivity contribution in [2.24, 2.45) is 5.92 Å². The second kappa shape index (κ2) is 4.42. The average Bonchev–Trinajstić information content (AvgIpc) is 2.18. The normalized spacial score (nSPS) is 11.8. The first-order chi connectivity index (χ1) is 6.65. The largest absolute Gasteiger partial charge is 0.381 e. The predicted octanol–water partition coefficient (Wildman–Crippen LogP) is 0.655. The molecule has 0 aromatic carbocycles. The van der Waals surface area contributed by atoms with E-state index in [0.29, 0.717) is 18.2 Å². The highest BCUT2D eigenvalue weighted by Crippen LogP contribution is 2.15. The van der Waals surface area contributed by atoms with E-state index in [1.54, 1.807) is 12.4 Å². The molecule has 1 aromatic heterocycles. The van der Waals surface area contributed by atoms with Crippen molar-refractivity contribution in [3.8, 4) is 6.07 Å². The third-order valence-corrected chi connectivity index (χ3v) is 1.84. The smallest absolute Gasteiger partial charge is 0.171 e. The standard InChI is InChI=1S/C9H13N5/c1-7(5-10)6-14(2)9-8(11)12-3-4-13-9/h3-4,7H,6H2,1-2H3,(H2,11,12). The summed E-state index contributed by atoms with van der Waals surface area (Å²) in [5, 5.41) is 8.66. The zero-order chi connectivity index (χ0) is 10.6. The molecule has 0 amide bonds. The zero-order valence-corrected chi connectivity index (χ0v) is 8.31. The summed E-state index contributed by atoms with van der Waals surface area (Å²) in [7, 11) is 1.84. The molecule has 0 fully saturated rings. The van der Waals surface area contributed by atoms with Gasteiger partial charge in [-0.2, -0.15) is 5.26 Å². The van der Waals surface area contributed by atoms with Crippen LogP contribution in [0.25, 0.3) is 0 Å². The highest BCUT2D eigenvalue weighted by Gasteiger charge is 2.10. The molecule has 0 spiro atoms. The van der Waals surface area contributed by atoms with Crippen LogP contribution in [-0.4, -0.2) is 23.6 Å². The lowest BCUT2D eigenvalue weighted by molar-refractivity contribution is 0.710. The average molecular weight is 191 g/mol. The molecule has 0 aliphatic carbocycles. The van der Waals surface area contributed by atoms with E-state index in [9.17, 15) is 0 Å². The lowest BCUT2D eigenvalue weighted by Crippen LogP contribution is -2.25. The molecular weight excluding hydrogens is 178 g/mol. The van der Waals surface area contributed by atoms with Gasteiger partial charge in [0.05, 0.1) is 12.0 Å². The molecule has 1 heterocycles. The van der Waals surface area contributed by atoms with Gasteiger partial charge in [0.2, 0.25) is 0 Å². The van der Waals surface area contributed by atoms with Gasteiger partial charge in [-0.25, -0.2) is 9.97 Å². The Morgan fingerprint density at radius 3 is 2.79 bits per heavy atom. The highest BCUT2D eigenvalue weighted by molar-refractivity contribution is 5.56. The quantitative estimate of drug-likeness (QED) is 0.759. The van der Waals surface area contributed by atoms with Crippen LogP contribution in [0, 0.1) is 17.2 Å². The Morgan fingerprint density at radius 2 is 2.21 bits per heavy atom. The third-order valence-electron chi connectivity index (χ3n) is 1.84. The van der Waals surface area contributed by atoms with Crippen LogP contribution in [0.5, 0.6) is 0 Å². The Kier molecular flexibility index (Phi) is 3.24. The summed E-state index contributed by atoms with van der Waals surface area (Å²) in [5.41, 5.74) is 5.64. The van der Waals surface area contributed by atoms with Crippen molar-refractivity contribution >= 4 is 11.6 Å². The Balaban J connectivity index is 2.75. The number of anilines is 2. The van der Waals surface area contributed by atoms with Crippen molar-refractivity contribution in [1.82, 2.24) is 9.97 Å². The number of hydrogen-bond acceptors (Lipinski definition) is 5. The number of nitrogen functional groups attached to an aromatic ring is 1. The lowest BCUT2D eigenvalue weighted by atomic mass is 10.2. The fourth-order valence-electron chi connectivity index (χ4n) is 1.17. The highest BCUT2D eigenvalue weighted by atomic mass is 15.2. The predicted molar refractivity (Wildman–Crippen MR) is 54.5 cm³/mol. The molecule has 0 bridgehead atoms. The Bertz CT molecular complexity index is 343. The van der Waals surface area contributed by atoms with E-state index in [1.165, 1.54) is 0 Å². The topological polar surface area (TPSA) is 78.8 Å². The number of hydrogen-bond donors (Lipinski definition) is 1. The van der Waals surface area contributed by atoms with Crippen molar-refractivity contribution < 1.29 is 0 Å². The number of nitrogens with two attached hydrogens (primary N) is 1. The van der Waals surface area contributed by atoms with Crippen LogP contribution in [0.4, 0.5) is 11.6 Å². The molecule has 0 saturated heterocycles. The van der Waals surface area contributed by atoms with Gasteiger partial charge in [-0.1, -0.05) is 0 Å². The second-order valence-electron chi connectivity index (χ2n) is 3.18. The first-order valence-electron chi connectivity index (χ1n) is 4.32. The van der Waals surface area contributed by atoms with Crippen LogP contribution in [0.3, 0.4) is 0 Å². The van der Waals surface area contributed by atoms with Crippen LogP contribution < -0.4 is 10.6 Å². The van der Waals surface area contributed by atoms with Crippen molar-refractivity contribution in [3.63, 3.8) is 0 Å². The van der Waals surface area contributed by atoms with Crippen LogP contribution in [0.2, 0.25) is 0 Å². The molecule has 2 N–H and O–H groups in total. The maximum atomic E-state index is 8.66. The van der Waals surface area contributed by atoms with Gasteiger partial charge in [0.25, 0.3) is 0 Å². The van der Waals surface area contributed by atoms with E-state index in [1.807, 2.05) is 18.9 Å². The Hall–Kier alpha value is -1.83. The molecule has 0 radical (unpaired) electrons. The Morgan fingerprint density at radius 1 is 1.57 bits per heavy atom. The molecule has 1 rings (SSSR count). The summed E-state index contributed by atoms with van der Waals surface area (Å²) in [5.74, 6) is 0.955. The maximum Gasteiger partial charge on any atom is 0.171 e. The van der Waals surface area contributed by atoms with Gasteiger partial charge in [-0.15, -0.1) is 0 Å². The summed E-state index contributed by atoms with van der Waals surface area (Å²) in [6.45, 7) is 2.45. The van der Waals surface area contributed by atoms with E-state index in [0.717, 1.165) is 0 Å². The fourth-order valence-corrected chi connectivity index (χ4v) is 1.17. The van der Waals surface area contributed by atoms with Crippen LogP contribution >= 0.6 is 0 Å². The molecule has 5 heteroatoms. The van der Waals surface area contributed by atoms with Crippen molar-refractivity contribution in [2.45, 2.75) is 6.92 Å². The molecule has 14 heavy (non-hydrogen) atoms. The van der Waals surface area contributed by atoms with E-state index in [2.05, 4.69) is 16.0 Å². The first-order valence-corrected chi connectivity index (χ1v) is 4.32. The maximum absolute atomic E-state index is 8.66. The van der Waals surface area contributed by atoms with Crippen molar-refractivity contribution in [2.75, 3.05) is 24.2 Å². The fraction of sp³-hybridized carbons (Fsp3) is 0.444. The monoisotopic (exact) mass is 191 g/mol. The number of rotatable bonds is 3. The molecule has 1 atom stereocenters. The number of aromatic nitrogens is 2. The molecule has 0 saturated carbocycles. The van der Waals surface area contributed by atoms with E-state index < -0.39 is 0 Å². The van der Waals surface area contributed by atoms with E-state index in [-0.39, 0.29) is 5.92 Å². The van der Waals surface area contributed by atoms with Gasteiger partial charge in [-0.3, -0.25) is 0 Å². The van der Waals surface area contributed by atoms with Crippen LogP contribution in [0.1, 0.15) is 6.92 Å². The molecule has 74 valence electrons. The molecule has 1 unspecified atom stereocenters. The lowest BCUT2D eigenvalue weighted by Gasteiger charge is -2.19. The number of nitriles is 1.